The number of fused-ring (bicyclic) bond motifs is 12. The normalized spacial score (nSPS) is 13.0. The van der Waals surface area contributed by atoms with Crippen molar-refractivity contribution in [2.45, 2.75) is 5.41 Å². The van der Waals surface area contributed by atoms with Crippen LogP contribution in [0.3, 0.4) is 0 Å². The highest BCUT2D eigenvalue weighted by Crippen LogP contribution is 2.63. The molecule has 0 unspecified atom stereocenters. The molecule has 0 amide bonds. The summed E-state index contributed by atoms with van der Waals surface area (Å²) in [6, 6.07) is 73.3. The molecule has 1 spiro atoms. The van der Waals surface area contributed by atoms with E-state index in [1.165, 1.54) is 44.5 Å². The molecule has 5 nitrogen and oxygen atoms in total. The SMILES string of the molecule is c1ccc(-c2nc(-c3ccc(-c4nc5cc6ccccc6cn5c4-c4ccccc4)cc3)nc(-c3ccc4c(c3)C3(c5ccccc5-c5ccccc53)c3ccccc3-4)n2)cc1. The molecule has 0 fully saturated rings. The van der Waals surface area contributed by atoms with Gasteiger partial charge in [0.05, 0.1) is 16.8 Å². The minimum absolute atomic E-state index is 0.466. The molecule has 2 aliphatic carbocycles. The topological polar surface area (TPSA) is 56.0 Å². The number of hydrogen-bond acceptors (Lipinski definition) is 4. The summed E-state index contributed by atoms with van der Waals surface area (Å²) in [5.74, 6) is 1.87. The minimum Gasteiger partial charge on any atom is -0.298 e. The zero-order valence-electron chi connectivity index (χ0n) is 33.4. The fraction of sp³-hybridized carbons (Fsp3) is 0.0175. The Kier molecular flexibility index (Phi) is 7.45. The van der Waals surface area contributed by atoms with Gasteiger partial charge >= 0.3 is 0 Å². The van der Waals surface area contributed by atoms with Crippen LogP contribution < -0.4 is 0 Å². The van der Waals surface area contributed by atoms with Crippen molar-refractivity contribution in [1.82, 2.24) is 24.3 Å². The molecule has 3 heterocycles. The van der Waals surface area contributed by atoms with Crippen molar-refractivity contribution in [2.24, 2.45) is 0 Å². The molecular weight excluding hydrogens is 755 g/mol. The largest absolute Gasteiger partial charge is 0.298 e. The third kappa shape index (κ3) is 5.02. The summed E-state index contributed by atoms with van der Waals surface area (Å²) in [5.41, 5.74) is 17.5. The molecule has 0 saturated heterocycles. The number of aromatic nitrogens is 5. The van der Waals surface area contributed by atoms with Crippen LogP contribution in [0.1, 0.15) is 22.3 Å². The smallest absolute Gasteiger partial charge is 0.164 e. The summed E-state index contributed by atoms with van der Waals surface area (Å²) in [4.78, 5) is 20.8. The average Bonchev–Trinajstić information content (AvgIpc) is 3.97. The van der Waals surface area contributed by atoms with E-state index in [4.69, 9.17) is 19.9 Å². The van der Waals surface area contributed by atoms with Gasteiger partial charge < -0.3 is 0 Å². The first kappa shape index (κ1) is 34.6. The standard InChI is InChI=1S/C57H35N5/c1-3-15-37(16-4-1)53-52(58-51-34-40-19-7-8-20-42(40)35-62(51)53)36-27-29-39(30-28-36)55-59-54(38-17-5-2-6-18-38)60-56(61-55)41-31-32-46-45-23-11-14-26-49(45)57(50(46)33-41)47-24-12-9-21-43(47)44-22-10-13-25-48(44)57/h1-35H. The molecular formula is C57H35N5. The number of rotatable bonds is 5. The zero-order chi connectivity index (χ0) is 40.8. The van der Waals surface area contributed by atoms with Crippen LogP contribution in [0.5, 0.6) is 0 Å². The first-order valence-corrected chi connectivity index (χ1v) is 21.1. The second-order valence-electron chi connectivity index (χ2n) is 16.2. The van der Waals surface area contributed by atoms with Gasteiger partial charge in [0.15, 0.2) is 17.5 Å². The lowest BCUT2D eigenvalue weighted by Gasteiger charge is -2.30. The van der Waals surface area contributed by atoms with Crippen molar-refractivity contribution < 1.29 is 0 Å². The Balaban J connectivity index is 0.971. The minimum atomic E-state index is -0.466. The Labute approximate surface area is 358 Å². The molecule has 0 atom stereocenters. The summed E-state index contributed by atoms with van der Waals surface area (Å²) in [6.07, 6.45) is 2.19. The maximum atomic E-state index is 5.27. The van der Waals surface area contributed by atoms with E-state index < -0.39 is 5.41 Å². The summed E-state index contributed by atoms with van der Waals surface area (Å²) in [6.45, 7) is 0. The van der Waals surface area contributed by atoms with Crippen molar-refractivity contribution in [3.05, 3.63) is 235 Å². The molecule has 8 aromatic carbocycles. The predicted molar refractivity (Wildman–Crippen MR) is 250 cm³/mol. The van der Waals surface area contributed by atoms with Crippen LogP contribution in [0, 0.1) is 0 Å². The van der Waals surface area contributed by atoms with Gasteiger partial charge in [0, 0.05) is 34.0 Å². The Morgan fingerprint density at radius 1 is 0.323 bits per heavy atom. The molecule has 288 valence electrons. The third-order valence-corrected chi connectivity index (χ3v) is 12.9. The van der Waals surface area contributed by atoms with Gasteiger partial charge in [-0.1, -0.05) is 194 Å². The first-order chi connectivity index (χ1) is 30.7. The highest BCUT2D eigenvalue weighted by molar-refractivity contribution is 5.96. The highest BCUT2D eigenvalue weighted by Gasteiger charge is 2.51. The van der Waals surface area contributed by atoms with Crippen LogP contribution in [-0.4, -0.2) is 24.3 Å². The lowest BCUT2D eigenvalue weighted by molar-refractivity contribution is 0.794. The van der Waals surface area contributed by atoms with Gasteiger partial charge in [-0.2, -0.15) is 0 Å². The molecule has 0 bridgehead atoms. The van der Waals surface area contributed by atoms with Gasteiger partial charge in [0.2, 0.25) is 0 Å². The van der Waals surface area contributed by atoms with E-state index >= 15 is 0 Å². The fourth-order valence-corrected chi connectivity index (χ4v) is 10.2. The Morgan fingerprint density at radius 3 is 1.39 bits per heavy atom. The van der Waals surface area contributed by atoms with E-state index in [1.807, 2.05) is 18.2 Å². The number of imidazole rings is 1. The maximum Gasteiger partial charge on any atom is 0.164 e. The monoisotopic (exact) mass is 789 g/mol. The molecule has 0 N–H and O–H groups in total. The maximum absolute atomic E-state index is 5.27. The van der Waals surface area contributed by atoms with Crippen LogP contribution >= 0.6 is 0 Å². The summed E-state index contributed by atoms with van der Waals surface area (Å²) < 4.78 is 2.22. The molecule has 0 radical (unpaired) electrons. The van der Waals surface area contributed by atoms with Gasteiger partial charge in [-0.3, -0.25) is 4.40 Å². The Bertz CT molecular complexity index is 3510. The highest BCUT2D eigenvalue weighted by atomic mass is 15.0. The molecule has 0 saturated carbocycles. The lowest BCUT2D eigenvalue weighted by Crippen LogP contribution is -2.25. The second kappa shape index (κ2) is 13.4. The van der Waals surface area contributed by atoms with Gasteiger partial charge in [-0.25, -0.2) is 19.9 Å². The van der Waals surface area contributed by atoms with Crippen molar-refractivity contribution in [3.63, 3.8) is 0 Å². The van der Waals surface area contributed by atoms with Crippen LogP contribution in [0.25, 0.3) is 95.4 Å². The third-order valence-electron chi connectivity index (χ3n) is 12.9. The van der Waals surface area contributed by atoms with Crippen molar-refractivity contribution >= 4 is 16.4 Å². The van der Waals surface area contributed by atoms with Crippen molar-refractivity contribution in [2.75, 3.05) is 0 Å². The average molecular weight is 790 g/mol. The van der Waals surface area contributed by atoms with E-state index in [2.05, 4.69) is 199 Å². The fourth-order valence-electron chi connectivity index (χ4n) is 10.2. The molecule has 0 aliphatic heterocycles. The van der Waals surface area contributed by atoms with Gasteiger partial charge in [-0.05, 0) is 67.4 Å². The molecule has 13 rings (SSSR count). The number of benzene rings is 8. The molecule has 11 aromatic rings. The Morgan fingerprint density at radius 2 is 0.774 bits per heavy atom. The Hall–Kier alpha value is -8.28. The predicted octanol–water partition coefficient (Wildman–Crippen LogP) is 13.4. The van der Waals surface area contributed by atoms with Gasteiger partial charge in [0.25, 0.3) is 0 Å². The van der Waals surface area contributed by atoms with Crippen LogP contribution in [0.15, 0.2) is 212 Å². The molecule has 62 heavy (non-hydrogen) atoms. The van der Waals surface area contributed by atoms with E-state index in [0.717, 1.165) is 55.6 Å². The summed E-state index contributed by atoms with van der Waals surface area (Å²) in [5, 5.41) is 2.32. The van der Waals surface area contributed by atoms with Crippen molar-refractivity contribution in [3.8, 4) is 78.9 Å². The zero-order valence-corrected chi connectivity index (χ0v) is 33.4. The number of pyridine rings is 1. The van der Waals surface area contributed by atoms with E-state index in [-0.39, 0.29) is 0 Å². The summed E-state index contributed by atoms with van der Waals surface area (Å²) in [7, 11) is 0. The van der Waals surface area contributed by atoms with E-state index in [1.54, 1.807) is 0 Å². The van der Waals surface area contributed by atoms with Crippen LogP contribution in [-0.2, 0) is 5.41 Å². The van der Waals surface area contributed by atoms with Gasteiger partial charge in [0.1, 0.15) is 5.65 Å². The molecule has 5 heteroatoms. The molecule has 3 aromatic heterocycles. The second-order valence-corrected chi connectivity index (χ2v) is 16.2. The van der Waals surface area contributed by atoms with Crippen molar-refractivity contribution in [1.29, 1.82) is 0 Å². The van der Waals surface area contributed by atoms with E-state index in [0.29, 0.717) is 17.5 Å². The van der Waals surface area contributed by atoms with E-state index in [9.17, 15) is 0 Å². The molecule has 2 aliphatic rings. The lowest BCUT2D eigenvalue weighted by atomic mass is 9.70. The van der Waals surface area contributed by atoms with Crippen LogP contribution in [0.2, 0.25) is 0 Å². The quantitative estimate of drug-likeness (QED) is 0.174. The number of nitrogens with zero attached hydrogens (tertiary/aromatic N) is 5. The van der Waals surface area contributed by atoms with Crippen LogP contribution in [0.4, 0.5) is 0 Å². The first-order valence-electron chi connectivity index (χ1n) is 21.1. The summed E-state index contributed by atoms with van der Waals surface area (Å²) >= 11 is 0. The number of hydrogen-bond donors (Lipinski definition) is 0. The van der Waals surface area contributed by atoms with Gasteiger partial charge in [-0.15, -0.1) is 0 Å².